The van der Waals surface area contributed by atoms with Gasteiger partial charge in [0.1, 0.15) is 11.4 Å². The molecule has 140 valence electrons. The number of hydrogen-bond donors (Lipinski definition) is 2. The molecule has 7 nitrogen and oxygen atoms in total. The monoisotopic (exact) mass is 358 g/mol. The number of aromatic amines is 1. The Morgan fingerprint density at radius 1 is 1.27 bits per heavy atom. The van der Waals surface area contributed by atoms with Crippen LogP contribution in [-0.4, -0.2) is 33.2 Å². The molecule has 2 N–H and O–H groups in total. The molecule has 0 fully saturated rings. The molecule has 0 aliphatic heterocycles. The Morgan fingerprint density at radius 2 is 2.04 bits per heavy atom. The fourth-order valence-corrected chi connectivity index (χ4v) is 2.32. The van der Waals surface area contributed by atoms with Crippen LogP contribution in [0.3, 0.4) is 0 Å². The summed E-state index contributed by atoms with van der Waals surface area (Å²) >= 11 is 0. The van der Waals surface area contributed by atoms with Crippen molar-refractivity contribution < 1.29 is 9.53 Å². The van der Waals surface area contributed by atoms with Gasteiger partial charge in [-0.3, -0.25) is 9.59 Å². The molecular weight excluding hydrogens is 332 g/mol. The van der Waals surface area contributed by atoms with E-state index in [4.69, 9.17) is 4.74 Å². The van der Waals surface area contributed by atoms with Crippen LogP contribution in [0.15, 0.2) is 29.1 Å². The van der Waals surface area contributed by atoms with Gasteiger partial charge in [0.2, 0.25) is 5.91 Å². The van der Waals surface area contributed by atoms with E-state index in [9.17, 15) is 9.59 Å². The maximum atomic E-state index is 12.2. The first-order valence-corrected chi connectivity index (χ1v) is 8.91. The topological polar surface area (TPSA) is 97.0 Å². The van der Waals surface area contributed by atoms with E-state index in [1.807, 2.05) is 45.9 Å². The van der Waals surface area contributed by atoms with Crippen LogP contribution < -0.4 is 15.6 Å². The Balaban J connectivity index is 2.07. The van der Waals surface area contributed by atoms with Crippen LogP contribution in [0.2, 0.25) is 0 Å². The molecule has 1 atom stereocenters. The summed E-state index contributed by atoms with van der Waals surface area (Å²) in [5.74, 6) is 0.978. The first kappa shape index (κ1) is 19.6. The standard InChI is InChI=1S/C19H26N4O3/c1-5-13(4)20-17(24)10-9-16-19(25)21-18(23-22-16)14-7-6-8-15(11-14)26-12(2)3/h6-8,11-13H,5,9-10H2,1-4H3,(H,20,24)(H,21,23,25)/t13-/m1/s1. The number of aromatic nitrogens is 3. The number of H-pyrrole nitrogens is 1. The zero-order chi connectivity index (χ0) is 19.1. The Morgan fingerprint density at radius 3 is 2.69 bits per heavy atom. The molecule has 0 saturated carbocycles. The first-order chi connectivity index (χ1) is 12.4. The highest BCUT2D eigenvalue weighted by Gasteiger charge is 2.11. The summed E-state index contributed by atoms with van der Waals surface area (Å²) in [7, 11) is 0. The van der Waals surface area contributed by atoms with Crippen molar-refractivity contribution in [1.82, 2.24) is 20.5 Å². The lowest BCUT2D eigenvalue weighted by atomic mass is 10.2. The van der Waals surface area contributed by atoms with Crippen molar-refractivity contribution in [1.29, 1.82) is 0 Å². The van der Waals surface area contributed by atoms with Crippen molar-refractivity contribution in [2.24, 2.45) is 0 Å². The molecule has 0 saturated heterocycles. The molecule has 0 spiro atoms. The number of aryl methyl sites for hydroxylation is 1. The van der Waals surface area contributed by atoms with Gasteiger partial charge in [-0.1, -0.05) is 19.1 Å². The molecule has 1 amide bonds. The minimum Gasteiger partial charge on any atom is -0.491 e. The van der Waals surface area contributed by atoms with Crippen LogP contribution in [0.5, 0.6) is 5.75 Å². The summed E-state index contributed by atoms with van der Waals surface area (Å²) in [6.07, 6.45) is 1.38. The molecule has 0 bridgehead atoms. The van der Waals surface area contributed by atoms with E-state index in [1.54, 1.807) is 6.07 Å². The average Bonchev–Trinajstić information content (AvgIpc) is 2.60. The first-order valence-electron chi connectivity index (χ1n) is 8.91. The number of rotatable bonds is 8. The predicted molar refractivity (Wildman–Crippen MR) is 100 cm³/mol. The smallest absolute Gasteiger partial charge is 0.273 e. The summed E-state index contributed by atoms with van der Waals surface area (Å²) in [5, 5.41) is 11.0. The average molecular weight is 358 g/mol. The minimum absolute atomic E-state index is 0.0549. The van der Waals surface area contributed by atoms with Crippen LogP contribution in [0, 0.1) is 0 Å². The lowest BCUT2D eigenvalue weighted by Crippen LogP contribution is -2.32. The fraction of sp³-hybridized carbons (Fsp3) is 0.474. The van der Waals surface area contributed by atoms with Gasteiger partial charge in [-0.05, 0) is 39.3 Å². The van der Waals surface area contributed by atoms with E-state index in [0.717, 1.165) is 6.42 Å². The third-order valence-electron chi connectivity index (χ3n) is 3.85. The van der Waals surface area contributed by atoms with E-state index >= 15 is 0 Å². The summed E-state index contributed by atoms with van der Waals surface area (Å²) in [4.78, 5) is 26.8. The SMILES string of the molecule is CC[C@@H](C)NC(=O)CCc1nnc(-c2cccc(OC(C)C)c2)[nH]c1=O. The number of carbonyl (C=O) groups is 1. The molecule has 2 rings (SSSR count). The molecule has 0 aliphatic rings. The van der Waals surface area contributed by atoms with Crippen LogP contribution in [-0.2, 0) is 11.2 Å². The maximum absolute atomic E-state index is 12.2. The number of ether oxygens (including phenoxy) is 1. The van der Waals surface area contributed by atoms with Gasteiger partial charge in [0.25, 0.3) is 5.56 Å². The molecule has 1 aromatic heterocycles. The Bertz CT molecular complexity index is 801. The van der Waals surface area contributed by atoms with Crippen LogP contribution >= 0.6 is 0 Å². The van der Waals surface area contributed by atoms with Gasteiger partial charge >= 0.3 is 0 Å². The van der Waals surface area contributed by atoms with E-state index < -0.39 is 0 Å². The fourth-order valence-electron chi connectivity index (χ4n) is 2.32. The van der Waals surface area contributed by atoms with E-state index in [-0.39, 0.29) is 42.1 Å². The zero-order valence-corrected chi connectivity index (χ0v) is 15.7. The zero-order valence-electron chi connectivity index (χ0n) is 15.7. The van der Waals surface area contributed by atoms with Crippen LogP contribution in [0.1, 0.15) is 46.2 Å². The highest BCUT2D eigenvalue weighted by molar-refractivity contribution is 5.76. The molecule has 26 heavy (non-hydrogen) atoms. The molecule has 1 aromatic carbocycles. The molecular formula is C19H26N4O3. The van der Waals surface area contributed by atoms with Gasteiger partial charge < -0.3 is 15.0 Å². The Hall–Kier alpha value is -2.70. The van der Waals surface area contributed by atoms with Crippen molar-refractivity contribution >= 4 is 5.91 Å². The number of hydrogen-bond acceptors (Lipinski definition) is 5. The van der Waals surface area contributed by atoms with E-state index in [0.29, 0.717) is 17.1 Å². The lowest BCUT2D eigenvalue weighted by Gasteiger charge is -2.11. The Kier molecular flexibility index (Phi) is 6.89. The predicted octanol–water partition coefficient (Wildman–Crippen LogP) is 2.47. The molecule has 7 heteroatoms. The van der Waals surface area contributed by atoms with Gasteiger partial charge in [0.05, 0.1) is 6.10 Å². The largest absolute Gasteiger partial charge is 0.491 e. The third-order valence-corrected chi connectivity index (χ3v) is 3.85. The highest BCUT2D eigenvalue weighted by Crippen LogP contribution is 2.20. The normalized spacial score (nSPS) is 12.0. The molecule has 1 heterocycles. The van der Waals surface area contributed by atoms with Gasteiger partial charge in [-0.2, -0.15) is 0 Å². The number of benzene rings is 1. The molecule has 0 unspecified atom stereocenters. The number of carbonyl (C=O) groups excluding carboxylic acids is 1. The van der Waals surface area contributed by atoms with Crippen molar-refractivity contribution in [3.05, 3.63) is 40.3 Å². The lowest BCUT2D eigenvalue weighted by molar-refractivity contribution is -0.121. The summed E-state index contributed by atoms with van der Waals surface area (Å²) in [5.41, 5.74) is 0.637. The van der Waals surface area contributed by atoms with Gasteiger partial charge in [-0.15, -0.1) is 10.2 Å². The Labute approximate surface area is 153 Å². The third kappa shape index (κ3) is 5.68. The summed E-state index contributed by atoms with van der Waals surface area (Å²) in [6, 6.07) is 7.43. The van der Waals surface area contributed by atoms with Crippen LogP contribution in [0.4, 0.5) is 0 Å². The van der Waals surface area contributed by atoms with E-state index in [1.165, 1.54) is 0 Å². The number of amides is 1. The molecule has 2 aromatic rings. The second-order valence-corrected chi connectivity index (χ2v) is 6.52. The van der Waals surface area contributed by atoms with Crippen molar-refractivity contribution in [2.75, 3.05) is 0 Å². The quantitative estimate of drug-likeness (QED) is 0.755. The van der Waals surface area contributed by atoms with Crippen LogP contribution in [0.25, 0.3) is 11.4 Å². The van der Waals surface area contributed by atoms with Crippen molar-refractivity contribution in [3.63, 3.8) is 0 Å². The second-order valence-electron chi connectivity index (χ2n) is 6.52. The van der Waals surface area contributed by atoms with Gasteiger partial charge in [-0.25, -0.2) is 0 Å². The summed E-state index contributed by atoms with van der Waals surface area (Å²) in [6.45, 7) is 7.83. The van der Waals surface area contributed by atoms with E-state index in [2.05, 4.69) is 20.5 Å². The van der Waals surface area contributed by atoms with Crippen molar-refractivity contribution in [3.8, 4) is 17.1 Å². The molecule has 0 aliphatic carbocycles. The van der Waals surface area contributed by atoms with Gasteiger partial charge in [0, 0.05) is 24.4 Å². The minimum atomic E-state index is -0.332. The van der Waals surface area contributed by atoms with Gasteiger partial charge in [0.15, 0.2) is 5.82 Å². The molecule has 0 radical (unpaired) electrons. The van der Waals surface area contributed by atoms with Crippen molar-refractivity contribution in [2.45, 2.75) is 59.1 Å². The second kappa shape index (κ2) is 9.12. The number of nitrogens with zero attached hydrogens (tertiary/aromatic N) is 2. The maximum Gasteiger partial charge on any atom is 0.273 e. The summed E-state index contributed by atoms with van der Waals surface area (Å²) < 4.78 is 5.65. The highest BCUT2D eigenvalue weighted by atomic mass is 16.5. The number of nitrogens with one attached hydrogen (secondary N) is 2.